The van der Waals surface area contributed by atoms with Crippen molar-refractivity contribution in [1.82, 2.24) is 9.97 Å². The lowest BCUT2D eigenvalue weighted by Gasteiger charge is -1.95. The molecule has 0 saturated carbocycles. The molecule has 5 heteroatoms. The molecule has 0 radical (unpaired) electrons. The molecule has 2 heterocycles. The summed E-state index contributed by atoms with van der Waals surface area (Å²) < 4.78 is 1.64. The number of aliphatic hydroxyl groups excluding tert-OH is 1. The van der Waals surface area contributed by atoms with Crippen molar-refractivity contribution in [1.29, 1.82) is 0 Å². The Morgan fingerprint density at radius 3 is 3.00 bits per heavy atom. The number of rotatable bonds is 1. The zero-order valence-electron chi connectivity index (χ0n) is 8.23. The summed E-state index contributed by atoms with van der Waals surface area (Å²) in [5, 5.41) is 9.96. The van der Waals surface area contributed by atoms with Crippen LogP contribution in [0.3, 0.4) is 0 Å². The fourth-order valence-corrected chi connectivity index (χ4v) is 2.76. The molecule has 0 atom stereocenters. The van der Waals surface area contributed by atoms with E-state index in [1.54, 1.807) is 0 Å². The van der Waals surface area contributed by atoms with Gasteiger partial charge in [0.2, 0.25) is 0 Å². The molecule has 0 aliphatic carbocycles. The normalized spacial score (nSPS) is 11.3. The quantitative estimate of drug-likeness (QED) is 0.670. The fourth-order valence-electron chi connectivity index (χ4n) is 1.72. The van der Waals surface area contributed by atoms with Crippen molar-refractivity contribution >= 4 is 31.6 Å². The lowest BCUT2D eigenvalue weighted by atomic mass is 10.2. The number of nitrogens with zero attached hydrogens (tertiary/aromatic N) is 1. The third-order valence-corrected chi connectivity index (χ3v) is 3.59. The van der Waals surface area contributed by atoms with Gasteiger partial charge in [-0.25, -0.2) is 4.98 Å². The molecule has 0 amide bonds. The monoisotopic (exact) mass is 232 g/mol. The average molecular weight is 232 g/mol. The first-order valence-electron chi connectivity index (χ1n) is 4.81. The van der Waals surface area contributed by atoms with Gasteiger partial charge in [-0.1, -0.05) is 18.2 Å². The van der Waals surface area contributed by atoms with Gasteiger partial charge < -0.3 is 10.1 Å². The van der Waals surface area contributed by atoms with E-state index in [1.807, 2.05) is 24.3 Å². The van der Waals surface area contributed by atoms with Gasteiger partial charge in [0.05, 0.1) is 5.52 Å². The van der Waals surface area contributed by atoms with Crippen LogP contribution >= 0.6 is 11.3 Å². The predicted octanol–water partition coefficient (Wildman–Crippen LogP) is 1.63. The van der Waals surface area contributed by atoms with Crippen LogP contribution in [0.2, 0.25) is 0 Å². The summed E-state index contributed by atoms with van der Waals surface area (Å²) in [4.78, 5) is 18.5. The molecule has 0 aliphatic rings. The van der Waals surface area contributed by atoms with Crippen molar-refractivity contribution in [2.75, 3.05) is 0 Å². The number of thiophene rings is 1. The zero-order chi connectivity index (χ0) is 11.1. The average Bonchev–Trinajstić information content (AvgIpc) is 2.68. The van der Waals surface area contributed by atoms with Gasteiger partial charge >= 0.3 is 0 Å². The maximum atomic E-state index is 11.7. The van der Waals surface area contributed by atoms with E-state index in [0.717, 1.165) is 10.1 Å². The van der Waals surface area contributed by atoms with E-state index in [0.29, 0.717) is 16.0 Å². The molecule has 2 aromatic heterocycles. The van der Waals surface area contributed by atoms with Crippen molar-refractivity contribution < 1.29 is 5.11 Å². The van der Waals surface area contributed by atoms with Gasteiger partial charge in [-0.15, -0.1) is 11.3 Å². The minimum Gasteiger partial charge on any atom is -0.388 e. The molecule has 80 valence electrons. The van der Waals surface area contributed by atoms with Gasteiger partial charge in [0.25, 0.3) is 5.56 Å². The molecule has 0 saturated heterocycles. The molecule has 0 aliphatic heterocycles. The van der Waals surface area contributed by atoms with Crippen LogP contribution < -0.4 is 5.56 Å². The van der Waals surface area contributed by atoms with E-state index in [-0.39, 0.29) is 12.2 Å². The molecular weight excluding hydrogens is 224 g/mol. The number of hydrogen-bond acceptors (Lipinski definition) is 4. The van der Waals surface area contributed by atoms with Crippen LogP contribution in [0.4, 0.5) is 0 Å². The van der Waals surface area contributed by atoms with E-state index >= 15 is 0 Å². The summed E-state index contributed by atoms with van der Waals surface area (Å²) in [7, 11) is 0. The highest BCUT2D eigenvalue weighted by Gasteiger charge is 2.10. The van der Waals surface area contributed by atoms with Crippen LogP contribution in [0.1, 0.15) is 5.82 Å². The minimum atomic E-state index is -0.255. The topological polar surface area (TPSA) is 66.0 Å². The highest BCUT2D eigenvalue weighted by molar-refractivity contribution is 7.25. The molecule has 0 unspecified atom stereocenters. The Morgan fingerprint density at radius 1 is 1.38 bits per heavy atom. The van der Waals surface area contributed by atoms with Crippen LogP contribution in [-0.2, 0) is 6.61 Å². The minimum absolute atomic E-state index is 0.185. The number of benzene rings is 1. The van der Waals surface area contributed by atoms with Gasteiger partial charge in [0, 0.05) is 10.1 Å². The zero-order valence-corrected chi connectivity index (χ0v) is 9.04. The number of fused-ring (bicyclic) bond motifs is 3. The number of nitrogens with one attached hydrogen (secondary N) is 1. The van der Waals surface area contributed by atoms with E-state index in [1.165, 1.54) is 11.3 Å². The summed E-state index contributed by atoms with van der Waals surface area (Å²) in [6, 6.07) is 7.73. The van der Waals surface area contributed by atoms with E-state index in [2.05, 4.69) is 9.97 Å². The van der Waals surface area contributed by atoms with Crippen molar-refractivity contribution in [3.8, 4) is 0 Å². The Morgan fingerprint density at radius 2 is 2.19 bits per heavy atom. The second kappa shape index (κ2) is 3.40. The summed E-state index contributed by atoms with van der Waals surface area (Å²) in [5.41, 5.74) is 0.489. The number of aromatic amines is 1. The number of aliphatic hydroxyl groups is 1. The summed E-state index contributed by atoms with van der Waals surface area (Å²) in [5.74, 6) is 0.307. The molecule has 0 spiro atoms. The lowest BCUT2D eigenvalue weighted by molar-refractivity contribution is 0.271. The third-order valence-electron chi connectivity index (χ3n) is 2.43. The van der Waals surface area contributed by atoms with E-state index in [9.17, 15) is 4.79 Å². The first kappa shape index (κ1) is 9.50. The Hall–Kier alpha value is -1.72. The molecule has 3 rings (SSSR count). The number of hydrogen-bond donors (Lipinski definition) is 2. The number of aromatic nitrogens is 2. The van der Waals surface area contributed by atoms with Crippen LogP contribution in [0, 0.1) is 0 Å². The van der Waals surface area contributed by atoms with Crippen LogP contribution in [-0.4, -0.2) is 15.1 Å². The third kappa shape index (κ3) is 1.26. The summed E-state index contributed by atoms with van der Waals surface area (Å²) in [6.45, 7) is -0.255. The maximum absolute atomic E-state index is 11.7. The number of H-pyrrole nitrogens is 1. The second-order valence-electron chi connectivity index (χ2n) is 3.45. The van der Waals surface area contributed by atoms with E-state index < -0.39 is 0 Å². The second-order valence-corrected chi connectivity index (χ2v) is 4.50. The molecular formula is C11H8N2O2S. The van der Waals surface area contributed by atoms with Gasteiger partial charge in [-0.3, -0.25) is 4.79 Å². The van der Waals surface area contributed by atoms with Gasteiger partial charge in [0.1, 0.15) is 17.1 Å². The molecule has 0 bridgehead atoms. The summed E-state index contributed by atoms with van der Waals surface area (Å²) in [6.07, 6.45) is 0. The van der Waals surface area contributed by atoms with Crippen molar-refractivity contribution in [2.24, 2.45) is 0 Å². The molecule has 2 N–H and O–H groups in total. The first-order valence-corrected chi connectivity index (χ1v) is 5.62. The van der Waals surface area contributed by atoms with Crippen molar-refractivity contribution in [3.05, 3.63) is 40.4 Å². The standard InChI is InChI=1S/C11H8N2O2S/c14-5-8-12-9-6-3-1-2-4-7(6)16-10(9)11(15)13-8/h1-4,14H,5H2,(H,12,13,15). The van der Waals surface area contributed by atoms with Gasteiger partial charge in [-0.05, 0) is 6.07 Å². The molecule has 3 aromatic rings. The highest BCUT2D eigenvalue weighted by atomic mass is 32.1. The van der Waals surface area contributed by atoms with Gasteiger partial charge in [0.15, 0.2) is 0 Å². The van der Waals surface area contributed by atoms with E-state index in [4.69, 9.17) is 5.11 Å². The molecule has 16 heavy (non-hydrogen) atoms. The van der Waals surface area contributed by atoms with Crippen LogP contribution in [0.15, 0.2) is 29.1 Å². The highest BCUT2D eigenvalue weighted by Crippen LogP contribution is 2.29. The lowest BCUT2D eigenvalue weighted by Crippen LogP contribution is -2.09. The Kier molecular flexibility index (Phi) is 2.02. The first-order chi connectivity index (χ1) is 7.79. The summed E-state index contributed by atoms with van der Waals surface area (Å²) >= 11 is 1.42. The SMILES string of the molecule is O=c1[nH]c(CO)nc2c1sc1ccccc12. The van der Waals surface area contributed by atoms with Gasteiger partial charge in [-0.2, -0.15) is 0 Å². The predicted molar refractivity (Wildman–Crippen MR) is 63.7 cm³/mol. The molecule has 4 nitrogen and oxygen atoms in total. The van der Waals surface area contributed by atoms with Crippen molar-refractivity contribution in [2.45, 2.75) is 6.61 Å². The Balaban J connectivity index is 2.56. The Bertz CT molecular complexity index is 730. The van der Waals surface area contributed by atoms with Crippen LogP contribution in [0.5, 0.6) is 0 Å². The van der Waals surface area contributed by atoms with Crippen molar-refractivity contribution in [3.63, 3.8) is 0 Å². The Labute approximate surface area is 94.2 Å². The fraction of sp³-hybridized carbons (Fsp3) is 0.0909. The smallest absolute Gasteiger partial charge is 0.268 e. The largest absolute Gasteiger partial charge is 0.388 e. The maximum Gasteiger partial charge on any atom is 0.268 e. The molecule has 1 aromatic carbocycles. The van der Waals surface area contributed by atoms with Crippen LogP contribution in [0.25, 0.3) is 20.3 Å². The molecule has 0 fully saturated rings.